The predicted molar refractivity (Wildman–Crippen MR) is 179 cm³/mol. The first-order chi connectivity index (χ1) is 21.9. The third-order valence-electron chi connectivity index (χ3n) is 7.58. The van der Waals surface area contributed by atoms with Gasteiger partial charge in [0.1, 0.15) is 5.75 Å². The van der Waals surface area contributed by atoms with Crippen molar-refractivity contribution in [3.05, 3.63) is 131 Å². The van der Waals surface area contributed by atoms with Crippen LogP contribution < -0.4 is 4.74 Å². The number of nitrogens with zero attached hydrogens (tertiary/aromatic N) is 5. The van der Waals surface area contributed by atoms with Gasteiger partial charge in [-0.05, 0) is 122 Å². The first-order valence-electron chi connectivity index (χ1n) is 15.3. The standard InChI is InChI=1S/C37H40N6O2/c1-5-6-10-26(2)36(43-42-33-20-24-35(39-38)27(3)25-33)23-13-28(4)40-41-32-18-14-31(15-19-32)37(44)45-34-21-16-30(17-22-34)29-11-8-7-9-12-29/h6,10,13-25,29,38H,4-5,7-9,11-12H2,1-3H3/b10-6-,23-13-,36-26-,39-38?,41-40?,43-42?. The monoisotopic (exact) mass is 600 g/mol. The van der Waals surface area contributed by atoms with E-state index in [9.17, 15) is 4.79 Å². The molecule has 1 N–H and O–H groups in total. The van der Waals surface area contributed by atoms with Gasteiger partial charge in [-0.25, -0.2) is 10.3 Å². The highest BCUT2D eigenvalue weighted by atomic mass is 16.5. The SMILES string of the molecule is C=C(\C=C/C(N=Nc1ccc(N=N)c(C)c1)=C(C)/C=C\CC)N=Nc1ccc(C(=O)Oc2ccc(C3CCCCC3)cc2)cc1. The molecule has 8 heteroatoms. The minimum absolute atomic E-state index is 0.422. The Labute approximate surface area is 265 Å². The van der Waals surface area contributed by atoms with Gasteiger partial charge < -0.3 is 4.74 Å². The van der Waals surface area contributed by atoms with E-state index in [1.54, 1.807) is 48.6 Å². The Hall–Kier alpha value is -5.11. The minimum Gasteiger partial charge on any atom is -0.423 e. The van der Waals surface area contributed by atoms with Crippen molar-refractivity contribution in [1.29, 1.82) is 5.53 Å². The molecule has 0 aliphatic heterocycles. The second kappa shape index (κ2) is 16.7. The summed E-state index contributed by atoms with van der Waals surface area (Å²) in [4.78, 5) is 12.7. The number of ether oxygens (including phenoxy) is 1. The van der Waals surface area contributed by atoms with Crippen LogP contribution in [0.3, 0.4) is 0 Å². The Bertz CT molecular complexity index is 1640. The van der Waals surface area contributed by atoms with Gasteiger partial charge in [0.15, 0.2) is 0 Å². The minimum atomic E-state index is -0.422. The molecule has 230 valence electrons. The number of carbonyl (C=O) groups excluding carboxylic acids is 1. The quantitative estimate of drug-likeness (QED) is 0.0964. The van der Waals surface area contributed by atoms with Crippen LogP contribution in [0.1, 0.15) is 79.8 Å². The Balaban J connectivity index is 1.36. The summed E-state index contributed by atoms with van der Waals surface area (Å²) in [5.74, 6) is 0.723. The zero-order valence-electron chi connectivity index (χ0n) is 26.2. The molecule has 8 nitrogen and oxygen atoms in total. The highest BCUT2D eigenvalue weighted by molar-refractivity contribution is 5.91. The summed E-state index contributed by atoms with van der Waals surface area (Å²) in [5.41, 5.74) is 13.7. The van der Waals surface area contributed by atoms with Gasteiger partial charge >= 0.3 is 5.97 Å². The first-order valence-corrected chi connectivity index (χ1v) is 15.3. The lowest BCUT2D eigenvalue weighted by molar-refractivity contribution is 0.0734. The van der Waals surface area contributed by atoms with Crippen molar-refractivity contribution in [3.63, 3.8) is 0 Å². The molecule has 1 aliphatic carbocycles. The lowest BCUT2D eigenvalue weighted by atomic mass is 9.84. The molecule has 0 spiro atoms. The van der Waals surface area contributed by atoms with E-state index in [4.69, 9.17) is 10.3 Å². The van der Waals surface area contributed by atoms with Crippen LogP contribution in [0.2, 0.25) is 0 Å². The zero-order chi connectivity index (χ0) is 32.0. The summed E-state index contributed by atoms with van der Waals surface area (Å²) in [7, 11) is 0. The topological polar surface area (TPSA) is 112 Å². The summed E-state index contributed by atoms with van der Waals surface area (Å²) < 4.78 is 5.59. The van der Waals surface area contributed by atoms with E-state index in [-0.39, 0.29) is 0 Å². The van der Waals surface area contributed by atoms with E-state index in [1.807, 2.05) is 38.1 Å². The maximum absolute atomic E-state index is 12.7. The Morgan fingerprint density at radius 3 is 2.27 bits per heavy atom. The largest absolute Gasteiger partial charge is 0.423 e. The third kappa shape index (κ3) is 9.96. The average molecular weight is 601 g/mol. The number of nitrogens with one attached hydrogen (secondary N) is 1. The molecule has 0 atom stereocenters. The van der Waals surface area contributed by atoms with Gasteiger partial charge in [0.05, 0.1) is 34.0 Å². The van der Waals surface area contributed by atoms with Crippen molar-refractivity contribution in [2.75, 3.05) is 0 Å². The summed E-state index contributed by atoms with van der Waals surface area (Å²) >= 11 is 0. The van der Waals surface area contributed by atoms with Crippen LogP contribution >= 0.6 is 0 Å². The molecule has 3 aromatic rings. The lowest BCUT2D eigenvalue weighted by Crippen LogP contribution is -2.08. The van der Waals surface area contributed by atoms with E-state index in [2.05, 4.69) is 57.3 Å². The molecule has 0 bridgehead atoms. The Morgan fingerprint density at radius 1 is 0.911 bits per heavy atom. The number of hydrogen-bond donors (Lipinski definition) is 1. The highest BCUT2D eigenvalue weighted by Gasteiger charge is 2.16. The van der Waals surface area contributed by atoms with Gasteiger partial charge in [0.2, 0.25) is 0 Å². The van der Waals surface area contributed by atoms with Crippen molar-refractivity contribution >= 4 is 23.0 Å². The molecular formula is C37H40N6O2. The van der Waals surface area contributed by atoms with Gasteiger partial charge in [-0.3, -0.25) is 0 Å². The number of azo groups is 2. The molecule has 0 aromatic heterocycles. The Morgan fingerprint density at radius 2 is 1.60 bits per heavy atom. The van der Waals surface area contributed by atoms with E-state index >= 15 is 0 Å². The molecule has 0 heterocycles. The normalized spacial score (nSPS) is 14.8. The van der Waals surface area contributed by atoms with Crippen molar-refractivity contribution < 1.29 is 9.53 Å². The van der Waals surface area contributed by atoms with Gasteiger partial charge in [-0.2, -0.15) is 25.6 Å². The molecule has 0 radical (unpaired) electrons. The Kier molecular flexibility index (Phi) is 12.1. The summed E-state index contributed by atoms with van der Waals surface area (Å²) in [6.45, 7) is 9.88. The number of hydrogen-bond acceptors (Lipinski definition) is 8. The van der Waals surface area contributed by atoms with Crippen LogP contribution in [0.5, 0.6) is 5.75 Å². The van der Waals surface area contributed by atoms with Crippen molar-refractivity contribution in [3.8, 4) is 5.75 Å². The molecule has 4 rings (SSSR count). The van der Waals surface area contributed by atoms with Crippen LogP contribution in [-0.2, 0) is 0 Å². The molecule has 1 saturated carbocycles. The second-order valence-electron chi connectivity index (χ2n) is 11.0. The van der Waals surface area contributed by atoms with Crippen LogP contribution in [0.4, 0.5) is 17.1 Å². The molecule has 0 unspecified atom stereocenters. The van der Waals surface area contributed by atoms with Gasteiger partial charge in [0.25, 0.3) is 0 Å². The van der Waals surface area contributed by atoms with E-state index in [0.717, 1.165) is 17.6 Å². The first kappa shape index (κ1) is 32.8. The van der Waals surface area contributed by atoms with Gasteiger partial charge in [-0.15, -0.1) is 0 Å². The maximum atomic E-state index is 12.7. The summed E-state index contributed by atoms with van der Waals surface area (Å²) in [6.07, 6.45) is 14.8. The van der Waals surface area contributed by atoms with Crippen molar-refractivity contribution in [2.24, 2.45) is 25.6 Å². The number of rotatable bonds is 12. The third-order valence-corrected chi connectivity index (χ3v) is 7.58. The highest BCUT2D eigenvalue weighted by Crippen LogP contribution is 2.33. The average Bonchev–Trinajstić information content (AvgIpc) is 3.07. The van der Waals surface area contributed by atoms with E-state index < -0.39 is 5.97 Å². The van der Waals surface area contributed by atoms with E-state index in [0.29, 0.717) is 45.7 Å². The predicted octanol–water partition coefficient (Wildman–Crippen LogP) is 12.1. The molecule has 1 fully saturated rings. The maximum Gasteiger partial charge on any atom is 0.343 e. The number of allylic oxidation sites excluding steroid dienone is 5. The van der Waals surface area contributed by atoms with Crippen molar-refractivity contribution in [2.45, 2.75) is 65.2 Å². The van der Waals surface area contributed by atoms with Gasteiger partial charge in [0, 0.05) is 0 Å². The van der Waals surface area contributed by atoms with Crippen molar-refractivity contribution in [1.82, 2.24) is 0 Å². The molecule has 0 saturated heterocycles. The second-order valence-corrected chi connectivity index (χ2v) is 11.0. The number of carbonyl (C=O) groups is 1. The fourth-order valence-corrected chi connectivity index (χ4v) is 4.97. The fraction of sp³-hybridized carbons (Fsp3) is 0.270. The number of aryl methyl sites for hydroxylation is 1. The van der Waals surface area contributed by atoms with Gasteiger partial charge in [-0.1, -0.05) is 57.0 Å². The lowest BCUT2D eigenvalue weighted by Gasteiger charge is -2.22. The zero-order valence-corrected chi connectivity index (χ0v) is 26.2. The molecular weight excluding hydrogens is 560 g/mol. The van der Waals surface area contributed by atoms with Crippen LogP contribution in [-0.4, -0.2) is 5.97 Å². The van der Waals surface area contributed by atoms with Crippen LogP contribution in [0, 0.1) is 12.5 Å². The molecule has 0 amide bonds. The van der Waals surface area contributed by atoms with E-state index in [1.165, 1.54) is 37.7 Å². The van der Waals surface area contributed by atoms with Crippen LogP contribution in [0.15, 0.2) is 140 Å². The summed E-state index contributed by atoms with van der Waals surface area (Å²) in [6, 6.07) is 20.0. The van der Waals surface area contributed by atoms with Crippen LogP contribution in [0.25, 0.3) is 0 Å². The molecule has 3 aromatic carbocycles. The molecule has 45 heavy (non-hydrogen) atoms. The fourth-order valence-electron chi connectivity index (χ4n) is 4.97. The summed E-state index contributed by atoms with van der Waals surface area (Å²) in [5, 5.41) is 20.8. The molecule has 1 aliphatic rings. The number of benzene rings is 3. The number of esters is 1. The smallest absolute Gasteiger partial charge is 0.343 e.